The number of anilines is 1. The van der Waals surface area contributed by atoms with Gasteiger partial charge in [0, 0.05) is 25.8 Å². The molecular formula is C14H20N6O2S. The summed E-state index contributed by atoms with van der Waals surface area (Å²) >= 11 is 5.19. The van der Waals surface area contributed by atoms with E-state index in [1.54, 1.807) is 24.7 Å². The molecule has 0 atom stereocenters. The molecule has 0 aliphatic carbocycles. The van der Waals surface area contributed by atoms with Crippen LogP contribution in [0.25, 0.3) is 0 Å². The predicted molar refractivity (Wildman–Crippen MR) is 90.5 cm³/mol. The first-order chi connectivity index (χ1) is 10.9. The molecule has 0 unspecified atom stereocenters. The minimum Gasteiger partial charge on any atom is -0.361 e. The molecule has 8 nitrogen and oxygen atoms in total. The number of nitrogens with zero attached hydrogens (tertiary/aromatic N) is 3. The van der Waals surface area contributed by atoms with Gasteiger partial charge in [0.25, 0.3) is 5.91 Å². The lowest BCUT2D eigenvalue weighted by atomic mass is 10.3. The van der Waals surface area contributed by atoms with Crippen molar-refractivity contribution in [2.45, 2.75) is 20.8 Å². The van der Waals surface area contributed by atoms with Crippen molar-refractivity contribution < 1.29 is 9.32 Å². The Hall–Kier alpha value is -2.42. The molecule has 0 bridgehead atoms. The van der Waals surface area contributed by atoms with Crippen molar-refractivity contribution in [2.75, 3.05) is 18.4 Å². The summed E-state index contributed by atoms with van der Waals surface area (Å²) in [5, 5.41) is 17.2. The summed E-state index contributed by atoms with van der Waals surface area (Å²) in [6.45, 7) is 6.45. The number of hydrogen-bond donors (Lipinski definition) is 3. The summed E-state index contributed by atoms with van der Waals surface area (Å²) in [5.74, 6) is 0.463. The maximum Gasteiger partial charge on any atom is 0.271 e. The Labute approximate surface area is 139 Å². The van der Waals surface area contributed by atoms with Gasteiger partial charge < -0.3 is 20.5 Å². The zero-order chi connectivity index (χ0) is 17.0. The highest BCUT2D eigenvalue weighted by Crippen LogP contribution is 2.18. The molecule has 2 heterocycles. The van der Waals surface area contributed by atoms with Gasteiger partial charge in [0.2, 0.25) is 0 Å². The highest BCUT2D eigenvalue weighted by atomic mass is 32.1. The van der Waals surface area contributed by atoms with E-state index in [1.807, 2.05) is 13.8 Å². The molecule has 9 heteroatoms. The number of aryl methyl sites for hydroxylation is 4. The highest BCUT2D eigenvalue weighted by molar-refractivity contribution is 7.80. The Morgan fingerprint density at radius 1 is 1.30 bits per heavy atom. The maximum atomic E-state index is 11.9. The van der Waals surface area contributed by atoms with Crippen LogP contribution >= 0.6 is 12.2 Å². The van der Waals surface area contributed by atoms with Gasteiger partial charge in [-0.1, -0.05) is 5.16 Å². The van der Waals surface area contributed by atoms with Crippen molar-refractivity contribution in [3.63, 3.8) is 0 Å². The van der Waals surface area contributed by atoms with Crippen molar-refractivity contribution >= 4 is 28.9 Å². The van der Waals surface area contributed by atoms with Crippen molar-refractivity contribution in [1.82, 2.24) is 25.6 Å². The van der Waals surface area contributed by atoms with Gasteiger partial charge in [0.05, 0.1) is 0 Å². The first kappa shape index (κ1) is 16.9. The van der Waals surface area contributed by atoms with E-state index in [-0.39, 0.29) is 5.91 Å². The van der Waals surface area contributed by atoms with E-state index in [9.17, 15) is 4.79 Å². The lowest BCUT2D eigenvalue weighted by Crippen LogP contribution is -2.36. The third-order valence-corrected chi connectivity index (χ3v) is 3.56. The highest BCUT2D eigenvalue weighted by Gasteiger charge is 2.11. The Bertz CT molecular complexity index is 682. The van der Waals surface area contributed by atoms with Gasteiger partial charge >= 0.3 is 0 Å². The second-order valence-corrected chi connectivity index (χ2v) is 5.54. The van der Waals surface area contributed by atoms with Gasteiger partial charge in [0.15, 0.2) is 10.9 Å². The van der Waals surface area contributed by atoms with Gasteiger partial charge in [-0.05, 0) is 39.1 Å². The lowest BCUT2D eigenvalue weighted by Gasteiger charge is -2.10. The molecule has 23 heavy (non-hydrogen) atoms. The molecule has 0 aliphatic rings. The van der Waals surface area contributed by atoms with Crippen LogP contribution < -0.4 is 16.0 Å². The Morgan fingerprint density at radius 2 is 2.00 bits per heavy atom. The number of carbonyl (C=O) groups excluding carboxylic acids is 1. The zero-order valence-electron chi connectivity index (χ0n) is 13.6. The molecule has 0 fully saturated rings. The van der Waals surface area contributed by atoms with Crippen LogP contribution in [-0.4, -0.2) is 39.0 Å². The number of amides is 1. The summed E-state index contributed by atoms with van der Waals surface area (Å²) in [4.78, 5) is 11.9. The van der Waals surface area contributed by atoms with Crippen LogP contribution in [-0.2, 0) is 7.05 Å². The zero-order valence-corrected chi connectivity index (χ0v) is 14.4. The Kier molecular flexibility index (Phi) is 5.32. The first-order valence-corrected chi connectivity index (χ1v) is 7.56. The summed E-state index contributed by atoms with van der Waals surface area (Å²) in [6, 6.07) is 1.74. The number of thiocarbonyl (C=S) groups is 1. The van der Waals surface area contributed by atoms with E-state index in [0.29, 0.717) is 29.7 Å². The fourth-order valence-corrected chi connectivity index (χ4v) is 2.14. The molecule has 3 N–H and O–H groups in total. The van der Waals surface area contributed by atoms with Crippen molar-refractivity contribution in [3.05, 3.63) is 28.9 Å². The molecule has 1 amide bonds. The SMILES string of the molecule is Cc1noc(C)c1NC(=S)NCCNC(=O)c1cc(C)n(C)n1. The second-order valence-electron chi connectivity index (χ2n) is 5.13. The van der Waals surface area contributed by atoms with Crippen molar-refractivity contribution in [3.8, 4) is 0 Å². The average Bonchev–Trinajstić information content (AvgIpc) is 3.00. The monoisotopic (exact) mass is 336 g/mol. The number of hydrogen-bond acceptors (Lipinski definition) is 5. The average molecular weight is 336 g/mol. The molecule has 0 saturated heterocycles. The normalized spacial score (nSPS) is 10.4. The minimum atomic E-state index is -0.208. The van der Waals surface area contributed by atoms with Crippen LogP contribution in [0.1, 0.15) is 27.6 Å². The largest absolute Gasteiger partial charge is 0.361 e. The molecule has 0 radical (unpaired) electrons. The first-order valence-electron chi connectivity index (χ1n) is 7.15. The molecule has 0 saturated carbocycles. The number of carbonyl (C=O) groups is 1. The third kappa shape index (κ3) is 4.28. The summed E-state index contributed by atoms with van der Waals surface area (Å²) in [6.07, 6.45) is 0. The summed E-state index contributed by atoms with van der Waals surface area (Å²) in [7, 11) is 1.80. The Balaban J connectivity index is 1.73. The molecule has 0 aromatic carbocycles. The van der Waals surface area contributed by atoms with Crippen LogP contribution in [0.2, 0.25) is 0 Å². The van der Waals surface area contributed by atoms with E-state index in [4.69, 9.17) is 16.7 Å². The van der Waals surface area contributed by atoms with E-state index in [0.717, 1.165) is 17.1 Å². The quantitative estimate of drug-likeness (QED) is 0.554. The molecule has 2 aromatic rings. The molecule has 2 rings (SSSR count). The van der Waals surface area contributed by atoms with Crippen LogP contribution in [0.15, 0.2) is 10.6 Å². The van der Waals surface area contributed by atoms with Crippen molar-refractivity contribution in [2.24, 2.45) is 7.05 Å². The molecule has 2 aromatic heterocycles. The predicted octanol–water partition coefficient (Wildman–Crippen LogP) is 1.05. The fraction of sp³-hybridized carbons (Fsp3) is 0.429. The molecule has 0 aliphatic heterocycles. The van der Waals surface area contributed by atoms with Gasteiger partial charge in [0.1, 0.15) is 17.1 Å². The summed E-state index contributed by atoms with van der Waals surface area (Å²) in [5.41, 5.74) is 2.83. The number of rotatable bonds is 5. The summed E-state index contributed by atoms with van der Waals surface area (Å²) < 4.78 is 6.71. The van der Waals surface area contributed by atoms with E-state index < -0.39 is 0 Å². The van der Waals surface area contributed by atoms with Gasteiger partial charge in [-0.3, -0.25) is 9.48 Å². The number of aromatic nitrogens is 3. The van der Waals surface area contributed by atoms with Crippen LogP contribution in [0, 0.1) is 20.8 Å². The minimum absolute atomic E-state index is 0.208. The van der Waals surface area contributed by atoms with Crippen molar-refractivity contribution in [1.29, 1.82) is 0 Å². The second kappa shape index (κ2) is 7.23. The Morgan fingerprint density at radius 3 is 2.57 bits per heavy atom. The van der Waals surface area contributed by atoms with Crippen LogP contribution in [0.4, 0.5) is 5.69 Å². The van der Waals surface area contributed by atoms with E-state index >= 15 is 0 Å². The maximum absolute atomic E-state index is 11.9. The van der Waals surface area contributed by atoms with Gasteiger partial charge in [-0.25, -0.2) is 0 Å². The third-order valence-electron chi connectivity index (χ3n) is 3.31. The smallest absolute Gasteiger partial charge is 0.271 e. The van der Waals surface area contributed by atoms with Crippen LogP contribution in [0.3, 0.4) is 0 Å². The number of nitrogens with one attached hydrogen (secondary N) is 3. The molecule has 124 valence electrons. The molecule has 0 spiro atoms. The lowest BCUT2D eigenvalue weighted by molar-refractivity contribution is 0.0948. The van der Waals surface area contributed by atoms with Gasteiger partial charge in [-0.2, -0.15) is 5.10 Å². The fourth-order valence-electron chi connectivity index (χ4n) is 1.93. The van der Waals surface area contributed by atoms with Crippen LogP contribution in [0.5, 0.6) is 0 Å². The van der Waals surface area contributed by atoms with Gasteiger partial charge in [-0.15, -0.1) is 0 Å². The standard InChI is InChI=1S/C14H20N6O2S/c1-8-7-11(18-20(8)4)13(21)15-5-6-16-14(23)17-12-9(2)19-22-10(12)3/h7H,5-6H2,1-4H3,(H,15,21)(H2,16,17,23). The van der Waals surface area contributed by atoms with E-state index in [1.165, 1.54) is 0 Å². The molecular weight excluding hydrogens is 316 g/mol. The topological polar surface area (TPSA) is 97.0 Å². The van der Waals surface area contributed by atoms with E-state index in [2.05, 4.69) is 26.2 Å².